The van der Waals surface area contributed by atoms with Gasteiger partial charge in [0, 0.05) is 64.4 Å². The summed E-state index contributed by atoms with van der Waals surface area (Å²) >= 11 is 0. The first kappa shape index (κ1) is 51.9. The summed E-state index contributed by atoms with van der Waals surface area (Å²) in [6.45, 7) is 11.0. The van der Waals surface area contributed by atoms with E-state index in [0.29, 0.717) is 69.8 Å². The van der Waals surface area contributed by atoms with Crippen LogP contribution in [0.5, 0.6) is 0 Å². The Morgan fingerprint density at radius 1 is 0.844 bits per heavy atom. The van der Waals surface area contributed by atoms with Crippen molar-refractivity contribution in [2.24, 2.45) is 41.4 Å². The standard InChI is InChI=1S/C50H77NO13/c1-28-14-11-10-12-15-29(2)40(60-7)26-35-19-17-33(6)50(59,64-35)47(56)48(57)51-21-13-16-36-37(24-34-18-20-38(52)42(25-34)61-8)41(63-49(58)43(36)51)27-39(53)30(3)23-32(5)45(55)46(62-9)44(54)31(4)22-28/h10-12,14-15,23,28,30-31,33-38,40-43,45-47,52,55-56,59H,13,16-22,24-27H2,1-9H3/b12-10+,14-11+,29-15+,32-23+/t28?,30?,31-,33-,34+,35+,36-,37?,38-,40+,41+,42-,43+,45-,46+,47+,50-/m1/s1. The van der Waals surface area contributed by atoms with Crippen LogP contribution >= 0.6 is 0 Å². The number of aliphatic hydroxyl groups excluding tert-OH is 3. The van der Waals surface area contributed by atoms with Crippen molar-refractivity contribution in [2.45, 2.75) is 173 Å². The van der Waals surface area contributed by atoms with Gasteiger partial charge in [0.25, 0.3) is 5.91 Å². The molecule has 4 N–H and O–H groups in total. The molecule has 1 saturated carbocycles. The number of hydrogen-bond donors (Lipinski definition) is 4. The molecule has 64 heavy (non-hydrogen) atoms. The highest BCUT2D eigenvalue weighted by Crippen LogP contribution is 2.46. The molecule has 360 valence electrons. The Bertz CT molecular complexity index is 1740. The molecule has 4 aliphatic heterocycles. The molecule has 0 aromatic heterocycles. The van der Waals surface area contributed by atoms with Gasteiger partial charge in [0.2, 0.25) is 5.79 Å². The van der Waals surface area contributed by atoms with E-state index in [1.54, 1.807) is 41.1 Å². The molecule has 0 aromatic carbocycles. The number of piperidine rings is 1. The van der Waals surface area contributed by atoms with Crippen LogP contribution in [0.3, 0.4) is 0 Å². The summed E-state index contributed by atoms with van der Waals surface area (Å²) < 4.78 is 29.6. The summed E-state index contributed by atoms with van der Waals surface area (Å²) in [5.74, 6) is -6.64. The zero-order valence-corrected chi connectivity index (χ0v) is 39.6. The highest BCUT2D eigenvalue weighted by atomic mass is 16.6. The van der Waals surface area contributed by atoms with E-state index in [-0.39, 0.29) is 54.5 Å². The average Bonchev–Trinajstić information content (AvgIpc) is 3.27. The third kappa shape index (κ3) is 12.1. The van der Waals surface area contributed by atoms with E-state index in [1.165, 1.54) is 12.0 Å². The first-order valence-electron chi connectivity index (χ1n) is 23.6. The number of ether oxygens (including phenoxy) is 5. The Balaban J connectivity index is 1.50. The van der Waals surface area contributed by atoms with Gasteiger partial charge in [-0.25, -0.2) is 4.79 Å². The van der Waals surface area contributed by atoms with Gasteiger partial charge in [0.05, 0.1) is 24.4 Å². The van der Waals surface area contributed by atoms with Crippen LogP contribution in [-0.2, 0) is 42.9 Å². The van der Waals surface area contributed by atoms with Crippen LogP contribution in [-0.4, -0.2) is 137 Å². The topological polar surface area (TPSA) is 199 Å². The number of amides is 1. The van der Waals surface area contributed by atoms with Crippen LogP contribution in [0, 0.1) is 41.4 Å². The van der Waals surface area contributed by atoms with Gasteiger partial charge in [-0.1, -0.05) is 64.2 Å². The minimum atomic E-state index is -2.24. The van der Waals surface area contributed by atoms with Gasteiger partial charge in [-0.2, -0.15) is 0 Å². The Morgan fingerprint density at radius 2 is 1.58 bits per heavy atom. The lowest BCUT2D eigenvalue weighted by Crippen LogP contribution is -2.66. The van der Waals surface area contributed by atoms with Crippen LogP contribution in [0.15, 0.2) is 47.6 Å². The molecule has 4 heterocycles. The van der Waals surface area contributed by atoms with E-state index in [4.69, 9.17) is 23.7 Å². The molecule has 1 aliphatic carbocycles. The van der Waals surface area contributed by atoms with E-state index >= 15 is 0 Å². The van der Waals surface area contributed by atoms with Crippen molar-refractivity contribution >= 4 is 23.4 Å². The third-order valence-corrected chi connectivity index (χ3v) is 15.1. The summed E-state index contributed by atoms with van der Waals surface area (Å²) in [7, 11) is 4.56. The number of carbonyl (C=O) groups excluding carboxylic acids is 4. The second kappa shape index (κ2) is 23.1. The number of fused-ring (bicyclic) bond motifs is 4. The summed E-state index contributed by atoms with van der Waals surface area (Å²) in [4.78, 5) is 58.0. The maximum Gasteiger partial charge on any atom is 0.329 e. The maximum absolute atomic E-state index is 14.5. The summed E-state index contributed by atoms with van der Waals surface area (Å²) in [5, 5.41) is 46.0. The van der Waals surface area contributed by atoms with Gasteiger partial charge >= 0.3 is 5.97 Å². The summed E-state index contributed by atoms with van der Waals surface area (Å²) in [6.07, 6.45) is 9.33. The molecular weight excluding hydrogens is 823 g/mol. The molecule has 4 fully saturated rings. The SMILES string of the molecule is CO[C@H]1C[C@@H]2CC[C@@H](C)[C@@](O)(O2)[C@@H](O)C(=O)N2CCC[C@@H]3C(C[C@@H]4CC[C@@H](O)[C@H](OC)C4)[C@H](CC(=O)C(C)/C=C(\C)[C@@H](O)[C@@H](OC)C(=O)[C@H](C)CC(C)/C=C/C=C/C=C/1C)OC(=O)[C@H]32. The molecule has 3 saturated heterocycles. The Hall–Kier alpha value is -3.08. The third-order valence-electron chi connectivity index (χ3n) is 15.1. The van der Waals surface area contributed by atoms with Gasteiger partial charge in [0.15, 0.2) is 11.9 Å². The minimum Gasteiger partial charge on any atom is -0.460 e. The van der Waals surface area contributed by atoms with E-state index < -0.39 is 84.0 Å². The van der Waals surface area contributed by atoms with Crippen LogP contribution in [0.1, 0.15) is 112 Å². The first-order chi connectivity index (χ1) is 30.3. The van der Waals surface area contributed by atoms with Crippen LogP contribution < -0.4 is 0 Å². The molecule has 14 heteroatoms. The molecule has 0 aromatic rings. The lowest BCUT2D eigenvalue weighted by atomic mass is 9.68. The highest BCUT2D eigenvalue weighted by molar-refractivity contribution is 5.89. The van der Waals surface area contributed by atoms with Crippen LogP contribution in [0.4, 0.5) is 0 Å². The fourth-order valence-electron chi connectivity index (χ4n) is 11.1. The molecular formula is C50H77NO13. The van der Waals surface area contributed by atoms with Crippen molar-refractivity contribution in [2.75, 3.05) is 27.9 Å². The molecule has 17 atom stereocenters. The van der Waals surface area contributed by atoms with Crippen molar-refractivity contribution < 1.29 is 63.3 Å². The number of nitrogens with zero attached hydrogens (tertiary/aromatic N) is 1. The normalized spacial score (nSPS) is 44.3. The average molecular weight is 900 g/mol. The fourth-order valence-corrected chi connectivity index (χ4v) is 11.1. The van der Waals surface area contributed by atoms with E-state index in [2.05, 4.69) is 0 Å². The molecule has 0 spiro atoms. The quantitative estimate of drug-likeness (QED) is 0.208. The fraction of sp³-hybridized carbons (Fsp3) is 0.760. The summed E-state index contributed by atoms with van der Waals surface area (Å²) in [6, 6.07) is -1.06. The lowest BCUT2D eigenvalue weighted by Gasteiger charge is -2.51. The van der Waals surface area contributed by atoms with Crippen molar-refractivity contribution in [3.8, 4) is 0 Å². The van der Waals surface area contributed by atoms with E-state index in [1.807, 2.05) is 51.2 Å². The molecule has 1 amide bonds. The van der Waals surface area contributed by atoms with Crippen LogP contribution in [0.25, 0.3) is 0 Å². The van der Waals surface area contributed by atoms with Gasteiger partial charge in [-0.3, -0.25) is 14.4 Å². The predicted octanol–water partition coefficient (Wildman–Crippen LogP) is 5.19. The molecule has 3 unspecified atom stereocenters. The molecule has 0 radical (unpaired) electrons. The number of hydrogen-bond acceptors (Lipinski definition) is 13. The number of esters is 1. The summed E-state index contributed by atoms with van der Waals surface area (Å²) in [5.41, 5.74) is 1.31. The second-order valence-corrected chi connectivity index (χ2v) is 19.7. The minimum absolute atomic E-state index is 0.0302. The Labute approximate surface area is 380 Å². The maximum atomic E-state index is 14.5. The molecule has 14 nitrogen and oxygen atoms in total. The van der Waals surface area contributed by atoms with Gasteiger partial charge in [-0.05, 0) is 101 Å². The number of methoxy groups -OCH3 is 3. The highest BCUT2D eigenvalue weighted by Gasteiger charge is 2.57. The van der Waals surface area contributed by atoms with Crippen molar-refractivity contribution in [3.05, 3.63) is 47.6 Å². The Kier molecular flexibility index (Phi) is 18.7. The van der Waals surface area contributed by atoms with Crippen molar-refractivity contribution in [3.63, 3.8) is 0 Å². The largest absolute Gasteiger partial charge is 0.460 e. The monoisotopic (exact) mass is 900 g/mol. The van der Waals surface area contributed by atoms with Crippen molar-refractivity contribution in [1.82, 2.24) is 4.90 Å². The predicted molar refractivity (Wildman–Crippen MR) is 239 cm³/mol. The Morgan fingerprint density at radius 3 is 2.27 bits per heavy atom. The number of rotatable bonds is 5. The zero-order chi connectivity index (χ0) is 47.0. The zero-order valence-electron chi connectivity index (χ0n) is 39.6. The number of allylic oxidation sites excluding steroid dienone is 6. The second-order valence-electron chi connectivity index (χ2n) is 19.7. The van der Waals surface area contributed by atoms with E-state index in [9.17, 15) is 39.6 Å². The van der Waals surface area contributed by atoms with Crippen molar-refractivity contribution in [1.29, 1.82) is 0 Å². The van der Waals surface area contributed by atoms with Gasteiger partial charge < -0.3 is 49.0 Å². The van der Waals surface area contributed by atoms with E-state index in [0.717, 1.165) is 5.57 Å². The van der Waals surface area contributed by atoms with Crippen LogP contribution in [0.2, 0.25) is 0 Å². The first-order valence-corrected chi connectivity index (χ1v) is 23.6. The number of Topliss-reactive ketones (excluding diaryl/α,β-unsaturated/α-hetero) is 2. The molecule has 5 aliphatic rings. The smallest absolute Gasteiger partial charge is 0.329 e. The number of ketones is 2. The lowest BCUT2D eigenvalue weighted by molar-refractivity contribution is -0.317. The van der Waals surface area contributed by atoms with Gasteiger partial charge in [0.1, 0.15) is 30.1 Å². The molecule has 4 bridgehead atoms. The number of carbonyl (C=O) groups is 4. The number of aliphatic hydroxyl groups is 4. The van der Waals surface area contributed by atoms with Gasteiger partial charge in [-0.15, -0.1) is 0 Å². The molecule has 5 rings (SSSR count).